The third-order valence-electron chi connectivity index (χ3n) is 5.38. The quantitative estimate of drug-likeness (QED) is 0.348. The van der Waals surface area contributed by atoms with Crippen molar-refractivity contribution in [2.24, 2.45) is 4.99 Å². The molecule has 0 bridgehead atoms. The van der Waals surface area contributed by atoms with Crippen LogP contribution < -0.4 is 15.4 Å². The van der Waals surface area contributed by atoms with E-state index in [1.165, 1.54) is 31.5 Å². The minimum absolute atomic E-state index is 0. The normalized spacial score (nSPS) is 17.3. The Morgan fingerprint density at radius 1 is 1.19 bits per heavy atom. The first-order chi connectivity index (χ1) is 12.5. The maximum atomic E-state index is 5.23. The SMILES string of the molecule is CN=C(NCCC(C)c1ccc(OC)cc1)NC1CCN(C(C)C)CC1.I. The van der Waals surface area contributed by atoms with Gasteiger partial charge in [0.2, 0.25) is 0 Å². The molecule has 0 saturated carbocycles. The molecule has 1 aromatic carbocycles. The highest BCUT2D eigenvalue weighted by molar-refractivity contribution is 14.0. The third-order valence-corrected chi connectivity index (χ3v) is 5.38. The summed E-state index contributed by atoms with van der Waals surface area (Å²) < 4.78 is 5.23. The van der Waals surface area contributed by atoms with Crippen LogP contribution >= 0.6 is 24.0 Å². The molecule has 1 saturated heterocycles. The summed E-state index contributed by atoms with van der Waals surface area (Å²) in [6.07, 6.45) is 3.43. The average Bonchev–Trinajstić information content (AvgIpc) is 2.67. The number of ether oxygens (including phenoxy) is 1. The number of rotatable bonds is 7. The predicted molar refractivity (Wildman–Crippen MR) is 126 cm³/mol. The van der Waals surface area contributed by atoms with E-state index in [0.717, 1.165) is 24.7 Å². The van der Waals surface area contributed by atoms with Crippen molar-refractivity contribution in [1.82, 2.24) is 15.5 Å². The Hall–Kier alpha value is -1.02. The van der Waals surface area contributed by atoms with Crippen LogP contribution in [0.25, 0.3) is 0 Å². The molecule has 27 heavy (non-hydrogen) atoms. The van der Waals surface area contributed by atoms with Crippen molar-refractivity contribution in [3.63, 3.8) is 0 Å². The number of hydrogen-bond donors (Lipinski definition) is 2. The smallest absolute Gasteiger partial charge is 0.191 e. The fourth-order valence-corrected chi connectivity index (χ4v) is 3.45. The monoisotopic (exact) mass is 488 g/mol. The average molecular weight is 488 g/mol. The summed E-state index contributed by atoms with van der Waals surface area (Å²) in [7, 11) is 3.55. The number of aliphatic imine (C=N–C) groups is 1. The number of nitrogens with one attached hydrogen (secondary N) is 2. The molecule has 6 heteroatoms. The summed E-state index contributed by atoms with van der Waals surface area (Å²) >= 11 is 0. The Kier molecular flexibility index (Phi) is 11.1. The first-order valence-electron chi connectivity index (χ1n) is 9.88. The number of halogens is 1. The lowest BCUT2D eigenvalue weighted by atomic mass is 9.98. The molecule has 1 fully saturated rings. The number of guanidine groups is 1. The summed E-state index contributed by atoms with van der Waals surface area (Å²) in [6.45, 7) is 10.1. The van der Waals surface area contributed by atoms with Gasteiger partial charge in [0.1, 0.15) is 5.75 Å². The van der Waals surface area contributed by atoms with Gasteiger partial charge in [0.25, 0.3) is 0 Å². The molecule has 1 atom stereocenters. The molecule has 0 amide bonds. The molecule has 0 aliphatic carbocycles. The highest BCUT2D eigenvalue weighted by atomic mass is 127. The molecule has 1 unspecified atom stereocenters. The van der Waals surface area contributed by atoms with Crippen LogP contribution in [0.5, 0.6) is 5.75 Å². The van der Waals surface area contributed by atoms with E-state index in [1.807, 2.05) is 19.2 Å². The van der Waals surface area contributed by atoms with E-state index >= 15 is 0 Å². The zero-order valence-electron chi connectivity index (χ0n) is 17.5. The van der Waals surface area contributed by atoms with Crippen LogP contribution in [-0.4, -0.2) is 56.7 Å². The van der Waals surface area contributed by atoms with E-state index in [-0.39, 0.29) is 24.0 Å². The molecule has 154 valence electrons. The third kappa shape index (κ3) is 7.86. The summed E-state index contributed by atoms with van der Waals surface area (Å²) in [5, 5.41) is 7.06. The van der Waals surface area contributed by atoms with Gasteiger partial charge in [0.15, 0.2) is 5.96 Å². The van der Waals surface area contributed by atoms with Crippen LogP contribution in [0.3, 0.4) is 0 Å². The lowest BCUT2D eigenvalue weighted by molar-refractivity contribution is 0.167. The van der Waals surface area contributed by atoms with Gasteiger partial charge in [0.05, 0.1) is 7.11 Å². The van der Waals surface area contributed by atoms with E-state index < -0.39 is 0 Å². The van der Waals surface area contributed by atoms with E-state index in [2.05, 4.69) is 53.4 Å². The second kappa shape index (κ2) is 12.4. The van der Waals surface area contributed by atoms with Gasteiger partial charge in [-0.1, -0.05) is 19.1 Å². The van der Waals surface area contributed by atoms with Crippen LogP contribution in [0.4, 0.5) is 0 Å². The molecule has 0 aromatic heterocycles. The Morgan fingerprint density at radius 2 is 1.81 bits per heavy atom. The van der Waals surface area contributed by atoms with Crippen molar-refractivity contribution in [2.75, 3.05) is 33.8 Å². The Labute approximate surface area is 182 Å². The number of methoxy groups -OCH3 is 1. The molecule has 2 N–H and O–H groups in total. The van der Waals surface area contributed by atoms with Crippen LogP contribution in [0.15, 0.2) is 29.3 Å². The van der Waals surface area contributed by atoms with Gasteiger partial charge in [0, 0.05) is 38.8 Å². The first kappa shape index (κ1) is 24.0. The van der Waals surface area contributed by atoms with Gasteiger partial charge in [-0.3, -0.25) is 4.99 Å². The minimum Gasteiger partial charge on any atom is -0.497 e. The largest absolute Gasteiger partial charge is 0.497 e. The number of piperidine rings is 1. The lowest BCUT2D eigenvalue weighted by Crippen LogP contribution is -2.50. The zero-order valence-corrected chi connectivity index (χ0v) is 19.8. The predicted octanol–water partition coefficient (Wildman–Crippen LogP) is 3.84. The first-order valence-corrected chi connectivity index (χ1v) is 9.88. The van der Waals surface area contributed by atoms with Crippen molar-refractivity contribution >= 4 is 29.9 Å². The number of hydrogen-bond acceptors (Lipinski definition) is 3. The maximum absolute atomic E-state index is 5.23. The van der Waals surface area contributed by atoms with E-state index in [4.69, 9.17) is 4.74 Å². The van der Waals surface area contributed by atoms with Crippen molar-refractivity contribution in [3.05, 3.63) is 29.8 Å². The Bertz CT molecular complexity index is 554. The van der Waals surface area contributed by atoms with Gasteiger partial charge in [-0.25, -0.2) is 0 Å². The van der Waals surface area contributed by atoms with Crippen LogP contribution in [0.2, 0.25) is 0 Å². The molecular formula is C21H37IN4O. The van der Waals surface area contributed by atoms with Crippen LogP contribution in [0.1, 0.15) is 51.5 Å². The molecule has 1 aliphatic rings. The van der Waals surface area contributed by atoms with Gasteiger partial charge in [-0.15, -0.1) is 24.0 Å². The van der Waals surface area contributed by atoms with Gasteiger partial charge in [-0.2, -0.15) is 0 Å². The Balaban J connectivity index is 0.00000364. The van der Waals surface area contributed by atoms with E-state index in [1.54, 1.807) is 7.11 Å². The standard InChI is InChI=1S/C21H36N4O.HI/c1-16(2)25-14-11-19(12-15-25)24-21(22-4)23-13-10-17(3)18-6-8-20(26-5)9-7-18;/h6-9,16-17,19H,10-15H2,1-5H3,(H2,22,23,24);1H. The van der Waals surface area contributed by atoms with E-state index in [9.17, 15) is 0 Å². The van der Waals surface area contributed by atoms with Crippen LogP contribution in [-0.2, 0) is 0 Å². The molecule has 5 nitrogen and oxygen atoms in total. The highest BCUT2D eigenvalue weighted by Gasteiger charge is 2.21. The fraction of sp³-hybridized carbons (Fsp3) is 0.667. The van der Waals surface area contributed by atoms with Gasteiger partial charge < -0.3 is 20.3 Å². The molecule has 0 spiro atoms. The summed E-state index contributed by atoms with van der Waals surface area (Å²) in [6, 6.07) is 9.54. The molecule has 2 rings (SSSR count). The minimum atomic E-state index is 0. The second-order valence-electron chi connectivity index (χ2n) is 7.51. The number of nitrogens with zero attached hydrogens (tertiary/aromatic N) is 2. The van der Waals surface area contributed by atoms with Gasteiger partial charge in [-0.05, 0) is 56.7 Å². The van der Waals surface area contributed by atoms with E-state index in [0.29, 0.717) is 18.0 Å². The molecular weight excluding hydrogens is 451 g/mol. The zero-order chi connectivity index (χ0) is 18.9. The summed E-state index contributed by atoms with van der Waals surface area (Å²) in [5.41, 5.74) is 1.34. The lowest BCUT2D eigenvalue weighted by Gasteiger charge is -2.35. The van der Waals surface area contributed by atoms with Crippen molar-refractivity contribution < 1.29 is 4.74 Å². The molecule has 1 aliphatic heterocycles. The fourth-order valence-electron chi connectivity index (χ4n) is 3.45. The van der Waals surface area contributed by atoms with Crippen molar-refractivity contribution in [1.29, 1.82) is 0 Å². The van der Waals surface area contributed by atoms with Gasteiger partial charge >= 0.3 is 0 Å². The van der Waals surface area contributed by atoms with Crippen LogP contribution in [0, 0.1) is 0 Å². The number of benzene rings is 1. The number of likely N-dealkylation sites (tertiary alicyclic amines) is 1. The summed E-state index contributed by atoms with van der Waals surface area (Å²) in [5.74, 6) is 2.34. The molecule has 1 aromatic rings. The van der Waals surface area contributed by atoms with Crippen molar-refractivity contribution in [2.45, 2.75) is 58.0 Å². The molecule has 0 radical (unpaired) electrons. The highest BCUT2D eigenvalue weighted by Crippen LogP contribution is 2.21. The second-order valence-corrected chi connectivity index (χ2v) is 7.51. The topological polar surface area (TPSA) is 48.9 Å². The Morgan fingerprint density at radius 3 is 2.33 bits per heavy atom. The summed E-state index contributed by atoms with van der Waals surface area (Å²) in [4.78, 5) is 6.94. The molecule has 1 heterocycles. The maximum Gasteiger partial charge on any atom is 0.191 e. The van der Waals surface area contributed by atoms with Crippen molar-refractivity contribution in [3.8, 4) is 5.75 Å².